The second-order valence-corrected chi connectivity index (χ2v) is 11.0. The number of aromatic nitrogens is 2. The predicted molar refractivity (Wildman–Crippen MR) is 138 cm³/mol. The van der Waals surface area contributed by atoms with E-state index in [1.807, 2.05) is 39.0 Å². The van der Waals surface area contributed by atoms with Crippen LogP contribution in [0.3, 0.4) is 0 Å². The van der Waals surface area contributed by atoms with Gasteiger partial charge in [0, 0.05) is 29.6 Å². The number of hydrogen-bond acceptors (Lipinski definition) is 10. The van der Waals surface area contributed by atoms with Crippen molar-refractivity contribution in [2.24, 2.45) is 5.73 Å². The SMILES string of the molecule is Cc1cc(C)c2c(N)c(C(=O)NC3COc4nc(N5CC(N)C6(C5)OCC(C)O6)ccc4C3)sc2n1. The van der Waals surface area contributed by atoms with Gasteiger partial charge < -0.3 is 35.9 Å². The molecule has 0 radical (unpaired) electrons. The van der Waals surface area contributed by atoms with Crippen LogP contribution < -0.4 is 26.4 Å². The van der Waals surface area contributed by atoms with Gasteiger partial charge in [0.15, 0.2) is 0 Å². The third-order valence-electron chi connectivity index (χ3n) is 7.06. The van der Waals surface area contributed by atoms with E-state index in [4.69, 9.17) is 30.7 Å². The summed E-state index contributed by atoms with van der Waals surface area (Å²) < 4.78 is 17.9. The molecule has 3 aromatic heterocycles. The number of nitrogens with zero attached hydrogens (tertiary/aromatic N) is 3. The van der Waals surface area contributed by atoms with Crippen LogP contribution in [0.5, 0.6) is 5.88 Å². The van der Waals surface area contributed by atoms with E-state index in [9.17, 15) is 4.79 Å². The van der Waals surface area contributed by atoms with Crippen molar-refractivity contribution < 1.29 is 19.0 Å². The first-order chi connectivity index (χ1) is 17.2. The first-order valence-electron chi connectivity index (χ1n) is 12.1. The van der Waals surface area contributed by atoms with Crippen LogP contribution in [0.1, 0.15) is 33.4 Å². The summed E-state index contributed by atoms with van der Waals surface area (Å²) in [6.07, 6.45) is 0.637. The molecule has 6 heterocycles. The lowest BCUT2D eigenvalue weighted by Gasteiger charge is -2.27. The second kappa shape index (κ2) is 8.55. The van der Waals surface area contributed by atoms with Gasteiger partial charge in [-0.15, -0.1) is 11.3 Å². The van der Waals surface area contributed by atoms with Crippen molar-refractivity contribution in [2.45, 2.75) is 51.2 Å². The first-order valence-corrected chi connectivity index (χ1v) is 13.0. The fourth-order valence-electron chi connectivity index (χ4n) is 5.34. The van der Waals surface area contributed by atoms with Gasteiger partial charge in [0.25, 0.3) is 5.91 Å². The lowest BCUT2D eigenvalue weighted by molar-refractivity contribution is -0.157. The van der Waals surface area contributed by atoms with Crippen molar-refractivity contribution in [1.82, 2.24) is 15.3 Å². The zero-order valence-electron chi connectivity index (χ0n) is 20.5. The van der Waals surface area contributed by atoms with Gasteiger partial charge in [0.2, 0.25) is 11.7 Å². The number of anilines is 2. The molecule has 3 aromatic rings. The molecule has 10 nitrogen and oxygen atoms in total. The third kappa shape index (κ3) is 3.86. The maximum absolute atomic E-state index is 13.1. The molecule has 190 valence electrons. The van der Waals surface area contributed by atoms with Crippen LogP contribution in [-0.2, 0) is 15.9 Å². The van der Waals surface area contributed by atoms with Crippen LogP contribution in [0.25, 0.3) is 10.2 Å². The maximum atomic E-state index is 13.1. The Balaban J connectivity index is 1.15. The molecular formula is C25H30N6O4S. The van der Waals surface area contributed by atoms with Crippen LogP contribution in [-0.4, -0.2) is 66.2 Å². The number of rotatable bonds is 3. The van der Waals surface area contributed by atoms with Gasteiger partial charge in [-0.25, -0.2) is 4.98 Å². The number of amides is 1. The summed E-state index contributed by atoms with van der Waals surface area (Å²) in [4.78, 5) is 25.7. The van der Waals surface area contributed by atoms with Crippen LogP contribution in [0.15, 0.2) is 18.2 Å². The summed E-state index contributed by atoms with van der Waals surface area (Å²) in [5.74, 6) is 0.350. The van der Waals surface area contributed by atoms with E-state index in [1.54, 1.807) is 0 Å². The van der Waals surface area contributed by atoms with E-state index in [0.29, 0.717) is 49.2 Å². The number of carbonyl (C=O) groups is 1. The molecule has 0 aliphatic carbocycles. The summed E-state index contributed by atoms with van der Waals surface area (Å²) in [7, 11) is 0. The Morgan fingerprint density at radius 2 is 2.11 bits per heavy atom. The number of hydrogen-bond donors (Lipinski definition) is 3. The van der Waals surface area contributed by atoms with Gasteiger partial charge >= 0.3 is 0 Å². The Hall–Kier alpha value is -2.99. The number of nitrogens with one attached hydrogen (secondary N) is 1. The monoisotopic (exact) mass is 510 g/mol. The van der Waals surface area contributed by atoms with Gasteiger partial charge in [0.05, 0.1) is 37.0 Å². The quantitative estimate of drug-likeness (QED) is 0.482. The topological polar surface area (TPSA) is 138 Å². The number of pyridine rings is 2. The minimum Gasteiger partial charge on any atom is -0.475 e. The highest BCUT2D eigenvalue weighted by Gasteiger charge is 2.52. The second-order valence-electron chi connectivity index (χ2n) is 9.96. The van der Waals surface area contributed by atoms with Gasteiger partial charge in [-0.2, -0.15) is 4.98 Å². The molecule has 3 aliphatic rings. The number of aryl methyl sites for hydroxylation is 2. The van der Waals surface area contributed by atoms with Crippen molar-refractivity contribution in [1.29, 1.82) is 0 Å². The fraction of sp³-hybridized carbons (Fsp3) is 0.480. The molecule has 36 heavy (non-hydrogen) atoms. The molecular weight excluding hydrogens is 480 g/mol. The number of carbonyl (C=O) groups excluding carboxylic acids is 1. The molecule has 2 fully saturated rings. The van der Waals surface area contributed by atoms with Crippen LogP contribution in [0, 0.1) is 13.8 Å². The van der Waals surface area contributed by atoms with E-state index in [-0.39, 0.29) is 24.1 Å². The number of nitrogens with two attached hydrogens (primary N) is 2. The number of thiophene rings is 1. The summed E-state index contributed by atoms with van der Waals surface area (Å²) in [6, 6.07) is 5.48. The predicted octanol–water partition coefficient (Wildman–Crippen LogP) is 1.90. The number of ether oxygens (including phenoxy) is 3. The molecule has 2 saturated heterocycles. The van der Waals surface area contributed by atoms with E-state index in [1.165, 1.54) is 11.3 Å². The van der Waals surface area contributed by atoms with Crippen LogP contribution in [0.2, 0.25) is 0 Å². The van der Waals surface area contributed by atoms with Crippen LogP contribution >= 0.6 is 11.3 Å². The average Bonchev–Trinajstić information content (AvgIpc) is 3.48. The minimum atomic E-state index is -0.783. The lowest BCUT2D eigenvalue weighted by atomic mass is 10.1. The van der Waals surface area contributed by atoms with E-state index in [2.05, 4.69) is 15.2 Å². The van der Waals surface area contributed by atoms with Crippen molar-refractivity contribution >= 4 is 39.0 Å². The molecule has 6 rings (SSSR count). The molecule has 11 heteroatoms. The Morgan fingerprint density at radius 3 is 2.89 bits per heavy atom. The largest absolute Gasteiger partial charge is 0.475 e. The van der Waals surface area contributed by atoms with Gasteiger partial charge in [-0.1, -0.05) is 0 Å². The lowest BCUT2D eigenvalue weighted by Crippen LogP contribution is -2.48. The highest BCUT2D eigenvalue weighted by atomic mass is 32.1. The molecule has 0 saturated carbocycles. The smallest absolute Gasteiger partial charge is 0.263 e. The van der Waals surface area contributed by atoms with E-state index < -0.39 is 5.79 Å². The molecule has 0 aromatic carbocycles. The summed E-state index contributed by atoms with van der Waals surface area (Å²) >= 11 is 1.32. The summed E-state index contributed by atoms with van der Waals surface area (Å²) in [5.41, 5.74) is 16.1. The zero-order valence-corrected chi connectivity index (χ0v) is 21.4. The standard InChI is InChI=1S/C25H30N6O4S/c1-12-6-13(2)28-24-19(12)20(27)21(36-24)22(32)29-16-7-15-4-5-18(30-23(15)33-10-16)31-8-17(26)25(11-31)34-9-14(3)35-25/h4-6,14,16-17H,7-11,26-27H2,1-3H3,(H,29,32). The maximum Gasteiger partial charge on any atom is 0.263 e. The Morgan fingerprint density at radius 1 is 1.28 bits per heavy atom. The average molecular weight is 511 g/mol. The number of fused-ring (bicyclic) bond motifs is 2. The zero-order chi connectivity index (χ0) is 25.2. The molecule has 4 unspecified atom stereocenters. The van der Waals surface area contributed by atoms with Gasteiger partial charge in [-0.05, 0) is 44.5 Å². The molecule has 0 bridgehead atoms. The Bertz CT molecular complexity index is 1360. The third-order valence-corrected chi connectivity index (χ3v) is 8.16. The Labute approximate surface area is 212 Å². The molecule has 1 spiro atoms. The van der Waals surface area contributed by atoms with E-state index in [0.717, 1.165) is 32.9 Å². The highest BCUT2D eigenvalue weighted by molar-refractivity contribution is 7.21. The minimum absolute atomic E-state index is 0.0234. The number of nitrogen functional groups attached to an aromatic ring is 1. The van der Waals surface area contributed by atoms with Crippen molar-refractivity contribution in [3.63, 3.8) is 0 Å². The normalized spacial score (nSPS) is 27.4. The summed E-state index contributed by atoms with van der Waals surface area (Å²) in [6.45, 7) is 7.87. The molecule has 1 amide bonds. The van der Waals surface area contributed by atoms with Crippen molar-refractivity contribution in [3.8, 4) is 5.88 Å². The van der Waals surface area contributed by atoms with Crippen molar-refractivity contribution in [3.05, 3.63) is 39.9 Å². The van der Waals surface area contributed by atoms with Crippen molar-refractivity contribution in [2.75, 3.05) is 36.9 Å². The summed E-state index contributed by atoms with van der Waals surface area (Å²) in [5, 5.41) is 3.93. The Kier molecular flexibility index (Phi) is 5.56. The first kappa shape index (κ1) is 23.4. The van der Waals surface area contributed by atoms with E-state index >= 15 is 0 Å². The van der Waals surface area contributed by atoms with Gasteiger partial charge in [-0.3, -0.25) is 4.79 Å². The molecule has 3 aliphatic heterocycles. The van der Waals surface area contributed by atoms with Crippen LogP contribution in [0.4, 0.5) is 11.5 Å². The molecule has 5 N–H and O–H groups in total. The van der Waals surface area contributed by atoms with Gasteiger partial charge in [0.1, 0.15) is 22.1 Å². The highest BCUT2D eigenvalue weighted by Crippen LogP contribution is 2.37. The molecule has 4 atom stereocenters. The fourth-order valence-corrected chi connectivity index (χ4v) is 6.46.